The number of rotatable bonds is 19. The van der Waals surface area contributed by atoms with Crippen molar-refractivity contribution in [2.45, 2.75) is 82.6 Å². The van der Waals surface area contributed by atoms with Gasteiger partial charge in [-0.15, -0.1) is 0 Å². The SMILES string of the molecule is CCC(C)[C@@]1(NC(=O)CCO)CCN([C@@H](CCc2ccccc2)C(=O)N[C@@H](Cc2ccccc2)[C@H](O)CNCc2cccc(OC)c2)C1=O. The van der Waals surface area contributed by atoms with Gasteiger partial charge >= 0.3 is 0 Å². The van der Waals surface area contributed by atoms with E-state index in [-0.39, 0.29) is 37.3 Å². The molecular formula is C39H52N4O6. The molecule has 3 amide bonds. The van der Waals surface area contributed by atoms with E-state index < -0.39 is 29.6 Å². The van der Waals surface area contributed by atoms with Gasteiger partial charge in [-0.25, -0.2) is 0 Å². The number of hydrogen-bond donors (Lipinski definition) is 5. The third kappa shape index (κ3) is 10.1. The number of aliphatic hydroxyl groups excluding tert-OH is 2. The summed E-state index contributed by atoms with van der Waals surface area (Å²) in [5.74, 6) is -0.470. The summed E-state index contributed by atoms with van der Waals surface area (Å²) in [4.78, 5) is 43.1. The average Bonchev–Trinajstić information content (AvgIpc) is 3.44. The summed E-state index contributed by atoms with van der Waals surface area (Å²) in [5.41, 5.74) is 1.83. The molecule has 1 unspecified atom stereocenters. The Morgan fingerprint density at radius 2 is 1.65 bits per heavy atom. The Morgan fingerprint density at radius 1 is 0.980 bits per heavy atom. The van der Waals surface area contributed by atoms with E-state index in [1.807, 2.05) is 98.8 Å². The van der Waals surface area contributed by atoms with Crippen LogP contribution in [-0.2, 0) is 33.8 Å². The Hall–Kier alpha value is -4.25. The van der Waals surface area contributed by atoms with E-state index in [4.69, 9.17) is 4.74 Å². The number of likely N-dealkylation sites (tertiary alicyclic amines) is 1. The van der Waals surface area contributed by atoms with E-state index in [2.05, 4.69) is 16.0 Å². The van der Waals surface area contributed by atoms with Crippen LogP contribution >= 0.6 is 0 Å². The zero-order valence-corrected chi connectivity index (χ0v) is 28.9. The van der Waals surface area contributed by atoms with Crippen molar-refractivity contribution in [3.05, 3.63) is 102 Å². The van der Waals surface area contributed by atoms with E-state index in [1.165, 1.54) is 0 Å². The van der Waals surface area contributed by atoms with Crippen molar-refractivity contribution in [1.82, 2.24) is 20.9 Å². The standard InChI is InChI=1S/C39H52N4O6/c1-4-28(2)39(42-36(46)20-23-44)21-22-43(38(39)48)34(19-18-29-12-7-5-8-13-29)37(47)41-33(25-30-14-9-6-10-15-30)35(45)27-40-26-31-16-11-17-32(24-31)49-3/h5-17,24,28,33-35,40,44-45H,4,18-23,25-27H2,1-3H3,(H,41,47)(H,42,46)/t28?,33-,34-,35+,39-/m0/s1. The summed E-state index contributed by atoms with van der Waals surface area (Å²) >= 11 is 0. The van der Waals surface area contributed by atoms with Crippen LogP contribution in [0.5, 0.6) is 5.75 Å². The molecule has 4 rings (SSSR count). The molecule has 1 saturated heterocycles. The van der Waals surface area contributed by atoms with Gasteiger partial charge in [0.1, 0.15) is 17.3 Å². The van der Waals surface area contributed by atoms with Crippen molar-refractivity contribution in [2.75, 3.05) is 26.8 Å². The van der Waals surface area contributed by atoms with Crippen molar-refractivity contribution in [2.24, 2.45) is 5.92 Å². The molecule has 1 aliphatic rings. The minimum absolute atomic E-state index is 0.103. The van der Waals surface area contributed by atoms with E-state index in [1.54, 1.807) is 12.0 Å². The molecule has 0 radical (unpaired) electrons. The van der Waals surface area contributed by atoms with Crippen LogP contribution in [-0.4, -0.2) is 83.4 Å². The van der Waals surface area contributed by atoms with E-state index in [0.29, 0.717) is 45.2 Å². The molecule has 3 aromatic carbocycles. The summed E-state index contributed by atoms with van der Waals surface area (Å²) in [6, 6.07) is 25.7. The maximum absolute atomic E-state index is 14.4. The predicted octanol–water partition coefficient (Wildman–Crippen LogP) is 3.39. The van der Waals surface area contributed by atoms with Crippen LogP contribution < -0.4 is 20.7 Å². The van der Waals surface area contributed by atoms with Crippen LogP contribution in [0.3, 0.4) is 0 Å². The van der Waals surface area contributed by atoms with Crippen molar-refractivity contribution >= 4 is 17.7 Å². The molecule has 3 aromatic rings. The highest BCUT2D eigenvalue weighted by atomic mass is 16.5. The quantitative estimate of drug-likeness (QED) is 0.132. The maximum Gasteiger partial charge on any atom is 0.249 e. The van der Waals surface area contributed by atoms with Crippen molar-refractivity contribution in [1.29, 1.82) is 0 Å². The Bertz CT molecular complexity index is 1490. The Labute approximate surface area is 290 Å². The number of carbonyl (C=O) groups excluding carboxylic acids is 3. The number of carbonyl (C=O) groups is 3. The number of nitrogens with zero attached hydrogens (tertiary/aromatic N) is 1. The van der Waals surface area contributed by atoms with E-state index >= 15 is 0 Å². The van der Waals surface area contributed by atoms with Crippen LogP contribution in [0.2, 0.25) is 0 Å². The van der Waals surface area contributed by atoms with Gasteiger partial charge in [0.2, 0.25) is 17.7 Å². The molecule has 5 atom stereocenters. The van der Waals surface area contributed by atoms with Crippen LogP contribution in [0.4, 0.5) is 0 Å². The fourth-order valence-corrected chi connectivity index (χ4v) is 6.61. The lowest BCUT2D eigenvalue weighted by Crippen LogP contribution is -2.61. The minimum atomic E-state index is -1.17. The largest absolute Gasteiger partial charge is 0.497 e. The third-order valence-corrected chi connectivity index (χ3v) is 9.68. The number of aliphatic hydroxyl groups is 2. The van der Waals surface area contributed by atoms with Gasteiger partial charge in [-0.05, 0) is 60.4 Å². The molecule has 0 spiro atoms. The molecule has 0 saturated carbocycles. The summed E-state index contributed by atoms with van der Waals surface area (Å²) in [6.45, 7) is 4.61. The van der Waals surface area contributed by atoms with Gasteiger partial charge in [0.25, 0.3) is 0 Å². The fraction of sp³-hybridized carbons (Fsp3) is 0.462. The highest BCUT2D eigenvalue weighted by Gasteiger charge is 2.53. The van der Waals surface area contributed by atoms with Crippen LogP contribution in [0.1, 0.15) is 56.2 Å². The highest BCUT2D eigenvalue weighted by molar-refractivity contribution is 5.97. The van der Waals surface area contributed by atoms with Gasteiger partial charge in [0.05, 0.1) is 25.9 Å². The van der Waals surface area contributed by atoms with Gasteiger partial charge in [-0.2, -0.15) is 0 Å². The number of hydrogen-bond acceptors (Lipinski definition) is 7. The fourth-order valence-electron chi connectivity index (χ4n) is 6.61. The summed E-state index contributed by atoms with van der Waals surface area (Å²) < 4.78 is 5.33. The molecule has 0 aromatic heterocycles. The lowest BCUT2D eigenvalue weighted by atomic mass is 9.81. The van der Waals surface area contributed by atoms with Crippen LogP contribution in [0.15, 0.2) is 84.9 Å². The van der Waals surface area contributed by atoms with Gasteiger partial charge in [-0.1, -0.05) is 93.1 Å². The van der Waals surface area contributed by atoms with E-state index in [0.717, 1.165) is 22.4 Å². The Morgan fingerprint density at radius 3 is 2.31 bits per heavy atom. The first-order valence-corrected chi connectivity index (χ1v) is 17.3. The van der Waals surface area contributed by atoms with Gasteiger partial charge in [0.15, 0.2) is 0 Å². The van der Waals surface area contributed by atoms with Gasteiger partial charge in [0, 0.05) is 26.1 Å². The lowest BCUT2D eigenvalue weighted by molar-refractivity contribution is -0.144. The van der Waals surface area contributed by atoms with Gasteiger partial charge in [-0.3, -0.25) is 14.4 Å². The monoisotopic (exact) mass is 672 g/mol. The number of aryl methyl sites for hydroxylation is 1. The second kappa shape index (κ2) is 18.5. The molecule has 1 fully saturated rings. The molecule has 5 N–H and O–H groups in total. The maximum atomic E-state index is 14.4. The molecule has 49 heavy (non-hydrogen) atoms. The van der Waals surface area contributed by atoms with Crippen LogP contribution in [0, 0.1) is 5.92 Å². The first-order valence-electron chi connectivity index (χ1n) is 17.3. The Kier molecular flexibility index (Phi) is 14.2. The average molecular weight is 673 g/mol. The zero-order chi connectivity index (χ0) is 35.2. The molecule has 0 bridgehead atoms. The molecule has 1 heterocycles. The van der Waals surface area contributed by atoms with E-state index in [9.17, 15) is 24.6 Å². The molecule has 10 nitrogen and oxygen atoms in total. The summed E-state index contributed by atoms with van der Waals surface area (Å²) in [5, 5.41) is 30.3. The molecule has 264 valence electrons. The second-order valence-electron chi connectivity index (χ2n) is 12.9. The summed E-state index contributed by atoms with van der Waals surface area (Å²) in [6.07, 6.45) is 1.28. The van der Waals surface area contributed by atoms with Crippen molar-refractivity contribution in [3.63, 3.8) is 0 Å². The second-order valence-corrected chi connectivity index (χ2v) is 12.9. The van der Waals surface area contributed by atoms with Crippen molar-refractivity contribution < 1.29 is 29.3 Å². The first-order chi connectivity index (χ1) is 23.7. The Balaban J connectivity index is 1.57. The number of nitrogens with one attached hydrogen (secondary N) is 3. The third-order valence-electron chi connectivity index (χ3n) is 9.68. The highest BCUT2D eigenvalue weighted by Crippen LogP contribution is 2.34. The number of methoxy groups -OCH3 is 1. The zero-order valence-electron chi connectivity index (χ0n) is 28.9. The topological polar surface area (TPSA) is 140 Å². The predicted molar refractivity (Wildman–Crippen MR) is 190 cm³/mol. The van der Waals surface area contributed by atoms with Crippen molar-refractivity contribution in [3.8, 4) is 5.75 Å². The molecular weight excluding hydrogens is 620 g/mol. The number of benzene rings is 3. The molecule has 10 heteroatoms. The normalized spacial score (nSPS) is 18.4. The molecule has 1 aliphatic heterocycles. The smallest absolute Gasteiger partial charge is 0.249 e. The van der Waals surface area contributed by atoms with Gasteiger partial charge < -0.3 is 35.8 Å². The summed E-state index contributed by atoms with van der Waals surface area (Å²) in [7, 11) is 1.62. The number of ether oxygens (including phenoxy) is 1. The lowest BCUT2D eigenvalue weighted by Gasteiger charge is -2.36. The minimum Gasteiger partial charge on any atom is -0.497 e. The van der Waals surface area contributed by atoms with Crippen LogP contribution in [0.25, 0.3) is 0 Å². The molecule has 0 aliphatic carbocycles. The number of amides is 3. The first kappa shape index (κ1) is 37.6.